The molecule has 0 aliphatic carbocycles. The highest BCUT2D eigenvalue weighted by Gasteiger charge is 2.17. The Hall–Kier alpha value is -2.07. The first-order chi connectivity index (χ1) is 9.70. The Morgan fingerprint density at radius 3 is 2.70 bits per heavy atom. The van der Waals surface area contributed by atoms with Gasteiger partial charge in [-0.25, -0.2) is 0 Å². The largest absolute Gasteiger partial charge is 0.382 e. The lowest BCUT2D eigenvalue weighted by molar-refractivity contribution is 1.11. The number of benzene rings is 1. The normalized spacial score (nSPS) is 10.9. The van der Waals surface area contributed by atoms with Crippen LogP contribution in [0.1, 0.15) is 17.4 Å². The summed E-state index contributed by atoms with van der Waals surface area (Å²) in [6.45, 7) is 4.26. The molecule has 0 spiro atoms. The van der Waals surface area contributed by atoms with Gasteiger partial charge in [0.25, 0.3) is 0 Å². The van der Waals surface area contributed by atoms with Crippen molar-refractivity contribution in [3.05, 3.63) is 46.8 Å². The quantitative estimate of drug-likeness (QED) is 0.754. The van der Waals surface area contributed by atoms with E-state index < -0.39 is 0 Å². The molecule has 0 saturated carbocycles. The minimum atomic E-state index is 0.556. The Morgan fingerprint density at radius 1 is 1.20 bits per heavy atom. The van der Waals surface area contributed by atoms with Gasteiger partial charge in [-0.15, -0.1) is 11.3 Å². The molecule has 2 aromatic heterocycles. The first-order valence-electron chi connectivity index (χ1n) is 6.69. The summed E-state index contributed by atoms with van der Waals surface area (Å²) in [7, 11) is 0. The molecule has 3 N–H and O–H groups in total. The van der Waals surface area contributed by atoms with Gasteiger partial charge in [0.2, 0.25) is 0 Å². The molecule has 0 unspecified atom stereocenters. The van der Waals surface area contributed by atoms with Gasteiger partial charge in [0.1, 0.15) is 0 Å². The molecule has 3 aromatic rings. The third-order valence-electron chi connectivity index (χ3n) is 3.47. The van der Waals surface area contributed by atoms with E-state index in [1.54, 1.807) is 11.3 Å². The zero-order valence-corrected chi connectivity index (χ0v) is 12.4. The zero-order chi connectivity index (χ0) is 14.1. The molecular weight excluding hydrogens is 266 g/mol. The van der Waals surface area contributed by atoms with Crippen LogP contribution in [-0.2, 0) is 6.42 Å². The Kier molecular flexibility index (Phi) is 3.32. The van der Waals surface area contributed by atoms with Gasteiger partial charge in [0.05, 0.1) is 16.1 Å². The van der Waals surface area contributed by atoms with Crippen LogP contribution in [0.5, 0.6) is 0 Å². The van der Waals surface area contributed by atoms with Crippen LogP contribution in [0.3, 0.4) is 0 Å². The lowest BCUT2D eigenvalue weighted by Gasteiger charge is -2.06. The molecule has 0 atom stereocenters. The average molecular weight is 283 g/mol. The second-order valence-corrected chi connectivity index (χ2v) is 5.96. The summed E-state index contributed by atoms with van der Waals surface area (Å²) in [4.78, 5) is 2.55. The highest BCUT2D eigenvalue weighted by atomic mass is 32.1. The van der Waals surface area contributed by atoms with Crippen molar-refractivity contribution in [2.24, 2.45) is 0 Å². The summed E-state index contributed by atoms with van der Waals surface area (Å²) in [5, 5.41) is 7.29. The molecule has 4 heteroatoms. The van der Waals surface area contributed by atoms with Gasteiger partial charge in [0, 0.05) is 4.88 Å². The van der Waals surface area contributed by atoms with Gasteiger partial charge in [0.15, 0.2) is 5.82 Å². The molecule has 0 saturated heterocycles. The average Bonchev–Trinajstić information content (AvgIpc) is 3.06. The molecule has 102 valence electrons. The molecule has 3 rings (SSSR count). The van der Waals surface area contributed by atoms with Gasteiger partial charge < -0.3 is 5.73 Å². The Balaban J connectivity index is 2.17. The number of nitrogen functional groups attached to an aromatic ring is 1. The Labute approximate surface area is 122 Å². The standard InChI is InChI=1S/C16H17N3S/c1-3-11-8-9-13(20-11)15-14(16(17)19-18-15)12-7-5-4-6-10(12)2/h4-9H,3H2,1-2H3,(H3,17,18,19). The van der Waals surface area contributed by atoms with Gasteiger partial charge in [-0.2, -0.15) is 5.10 Å². The zero-order valence-electron chi connectivity index (χ0n) is 11.6. The van der Waals surface area contributed by atoms with Crippen molar-refractivity contribution in [2.75, 3.05) is 5.73 Å². The van der Waals surface area contributed by atoms with Crippen molar-refractivity contribution in [2.45, 2.75) is 20.3 Å². The van der Waals surface area contributed by atoms with Gasteiger partial charge in [-0.1, -0.05) is 31.2 Å². The van der Waals surface area contributed by atoms with Gasteiger partial charge in [-0.3, -0.25) is 5.10 Å². The first kappa shape index (κ1) is 12.9. The maximum Gasteiger partial charge on any atom is 0.153 e. The topological polar surface area (TPSA) is 54.7 Å². The predicted molar refractivity (Wildman–Crippen MR) is 85.9 cm³/mol. The van der Waals surface area contributed by atoms with Crippen LogP contribution in [0.2, 0.25) is 0 Å². The van der Waals surface area contributed by atoms with E-state index in [4.69, 9.17) is 5.73 Å². The summed E-state index contributed by atoms with van der Waals surface area (Å²) in [6, 6.07) is 12.6. The van der Waals surface area contributed by atoms with Gasteiger partial charge >= 0.3 is 0 Å². The number of H-pyrrole nitrogens is 1. The summed E-state index contributed by atoms with van der Waals surface area (Å²) < 4.78 is 0. The molecular formula is C16H17N3S. The van der Waals surface area contributed by atoms with E-state index in [0.29, 0.717) is 5.82 Å². The highest BCUT2D eigenvalue weighted by Crippen LogP contribution is 2.38. The maximum atomic E-state index is 6.08. The maximum absolute atomic E-state index is 6.08. The van der Waals surface area contributed by atoms with Crippen LogP contribution in [0.25, 0.3) is 21.7 Å². The number of anilines is 1. The lowest BCUT2D eigenvalue weighted by atomic mass is 10.00. The first-order valence-corrected chi connectivity index (χ1v) is 7.51. The summed E-state index contributed by atoms with van der Waals surface area (Å²) in [6.07, 6.45) is 1.05. The van der Waals surface area contributed by atoms with E-state index in [9.17, 15) is 0 Å². The number of hydrogen-bond donors (Lipinski definition) is 2. The number of aromatic nitrogens is 2. The molecule has 0 bridgehead atoms. The van der Waals surface area contributed by atoms with E-state index in [-0.39, 0.29) is 0 Å². The number of nitrogens with zero attached hydrogens (tertiary/aromatic N) is 1. The summed E-state index contributed by atoms with van der Waals surface area (Å²) in [5.41, 5.74) is 10.4. The molecule has 0 aliphatic rings. The van der Waals surface area contributed by atoms with Crippen molar-refractivity contribution in [1.82, 2.24) is 10.2 Å². The number of aryl methyl sites for hydroxylation is 2. The van der Waals surface area contributed by atoms with Crippen molar-refractivity contribution in [3.8, 4) is 21.7 Å². The van der Waals surface area contributed by atoms with Gasteiger partial charge in [-0.05, 0) is 36.6 Å². The lowest BCUT2D eigenvalue weighted by Crippen LogP contribution is -1.90. The molecule has 2 heterocycles. The third-order valence-corrected chi connectivity index (χ3v) is 4.71. The highest BCUT2D eigenvalue weighted by molar-refractivity contribution is 7.15. The van der Waals surface area contributed by atoms with Crippen LogP contribution >= 0.6 is 11.3 Å². The fraction of sp³-hybridized carbons (Fsp3) is 0.188. The number of rotatable bonds is 3. The molecule has 0 aliphatic heterocycles. The molecule has 0 radical (unpaired) electrons. The van der Waals surface area contributed by atoms with Crippen molar-refractivity contribution < 1.29 is 0 Å². The predicted octanol–water partition coefficient (Wildman–Crippen LogP) is 4.26. The van der Waals surface area contributed by atoms with Crippen LogP contribution in [-0.4, -0.2) is 10.2 Å². The van der Waals surface area contributed by atoms with Crippen LogP contribution in [0.15, 0.2) is 36.4 Å². The summed E-state index contributed by atoms with van der Waals surface area (Å²) >= 11 is 1.79. The monoisotopic (exact) mass is 283 g/mol. The van der Waals surface area contributed by atoms with E-state index in [1.807, 2.05) is 12.1 Å². The van der Waals surface area contributed by atoms with Crippen molar-refractivity contribution in [1.29, 1.82) is 0 Å². The molecule has 1 aromatic carbocycles. The van der Waals surface area contributed by atoms with E-state index in [2.05, 4.69) is 48.3 Å². The van der Waals surface area contributed by atoms with Crippen LogP contribution in [0.4, 0.5) is 5.82 Å². The van der Waals surface area contributed by atoms with E-state index in [0.717, 1.165) is 23.2 Å². The van der Waals surface area contributed by atoms with Crippen molar-refractivity contribution >= 4 is 17.2 Å². The SMILES string of the molecule is CCc1ccc(-c2[nH]nc(N)c2-c2ccccc2C)s1. The molecule has 0 amide bonds. The minimum Gasteiger partial charge on any atom is -0.382 e. The summed E-state index contributed by atoms with van der Waals surface area (Å²) in [5.74, 6) is 0.556. The second kappa shape index (κ2) is 5.13. The number of hydrogen-bond acceptors (Lipinski definition) is 3. The molecule has 3 nitrogen and oxygen atoms in total. The number of thiophene rings is 1. The number of nitrogens with two attached hydrogens (primary N) is 1. The molecule has 20 heavy (non-hydrogen) atoms. The number of nitrogens with one attached hydrogen (secondary N) is 1. The number of aromatic amines is 1. The minimum absolute atomic E-state index is 0.556. The Morgan fingerprint density at radius 2 is 2.00 bits per heavy atom. The van der Waals surface area contributed by atoms with Crippen molar-refractivity contribution in [3.63, 3.8) is 0 Å². The third kappa shape index (κ3) is 2.12. The smallest absolute Gasteiger partial charge is 0.153 e. The molecule has 0 fully saturated rings. The van der Waals surface area contributed by atoms with Crippen LogP contribution in [0, 0.1) is 6.92 Å². The fourth-order valence-corrected chi connectivity index (χ4v) is 3.31. The van der Waals surface area contributed by atoms with E-state index >= 15 is 0 Å². The fourth-order valence-electron chi connectivity index (χ4n) is 2.36. The second-order valence-electron chi connectivity index (χ2n) is 4.79. The van der Waals surface area contributed by atoms with E-state index in [1.165, 1.54) is 15.3 Å². The van der Waals surface area contributed by atoms with Crippen LogP contribution < -0.4 is 5.73 Å². The Bertz CT molecular complexity index is 740.